The number of alkyl carbamates (subject to hydrolysis) is 1. The number of piperidine rings is 2. The van der Waals surface area contributed by atoms with E-state index < -0.39 is 11.7 Å². The molecule has 32 heavy (non-hydrogen) atoms. The minimum absolute atomic E-state index is 0.126. The zero-order valence-corrected chi connectivity index (χ0v) is 19.3. The fourth-order valence-corrected chi connectivity index (χ4v) is 4.69. The third kappa shape index (κ3) is 4.45. The van der Waals surface area contributed by atoms with Gasteiger partial charge in [0.1, 0.15) is 11.3 Å². The first-order valence-electron chi connectivity index (χ1n) is 11.2. The Balaban J connectivity index is 1.61. The van der Waals surface area contributed by atoms with E-state index >= 15 is 0 Å². The summed E-state index contributed by atoms with van der Waals surface area (Å²) in [6, 6.07) is 5.49. The molecule has 1 unspecified atom stereocenters. The molecular formula is C24H31N5O3. The predicted molar refractivity (Wildman–Crippen MR) is 120 cm³/mol. The highest BCUT2D eigenvalue weighted by atomic mass is 16.6. The number of pyridine rings is 1. The van der Waals surface area contributed by atoms with Crippen molar-refractivity contribution in [3.8, 4) is 11.4 Å². The van der Waals surface area contributed by atoms with Crippen LogP contribution in [-0.4, -0.2) is 56.1 Å². The number of nitrogens with zero attached hydrogens (tertiary/aromatic N) is 4. The van der Waals surface area contributed by atoms with E-state index in [0.29, 0.717) is 29.5 Å². The first kappa shape index (κ1) is 22.2. The third-order valence-corrected chi connectivity index (χ3v) is 6.38. The van der Waals surface area contributed by atoms with Crippen molar-refractivity contribution < 1.29 is 14.3 Å². The molecular weight excluding hydrogens is 406 g/mol. The highest BCUT2D eigenvalue weighted by Crippen LogP contribution is 2.47. The minimum Gasteiger partial charge on any atom is -0.444 e. The second-order valence-electron chi connectivity index (χ2n) is 9.83. The molecule has 2 atom stereocenters. The third-order valence-electron chi connectivity index (χ3n) is 6.38. The van der Waals surface area contributed by atoms with Gasteiger partial charge in [0.2, 0.25) is 0 Å². The Morgan fingerprint density at radius 3 is 2.53 bits per heavy atom. The number of rotatable bonds is 4. The number of nitrogens with one attached hydrogen (secondary N) is 1. The van der Waals surface area contributed by atoms with Crippen LogP contribution in [0.4, 0.5) is 4.79 Å². The van der Waals surface area contributed by atoms with Crippen LogP contribution >= 0.6 is 0 Å². The van der Waals surface area contributed by atoms with Crippen LogP contribution in [-0.2, 0) is 4.74 Å². The fourth-order valence-electron chi connectivity index (χ4n) is 4.69. The highest BCUT2D eigenvalue weighted by Gasteiger charge is 2.51. The van der Waals surface area contributed by atoms with Gasteiger partial charge in [-0.1, -0.05) is 6.92 Å². The lowest BCUT2D eigenvalue weighted by atomic mass is 9.64. The van der Waals surface area contributed by atoms with Crippen LogP contribution in [0.5, 0.6) is 0 Å². The molecule has 0 radical (unpaired) electrons. The van der Waals surface area contributed by atoms with Crippen LogP contribution < -0.4 is 5.32 Å². The van der Waals surface area contributed by atoms with E-state index in [1.165, 1.54) is 0 Å². The summed E-state index contributed by atoms with van der Waals surface area (Å²) in [7, 11) is 0. The van der Waals surface area contributed by atoms with Gasteiger partial charge >= 0.3 is 6.09 Å². The van der Waals surface area contributed by atoms with Gasteiger partial charge in [0.05, 0.1) is 11.6 Å². The predicted octanol–water partition coefficient (Wildman–Crippen LogP) is 3.61. The maximum Gasteiger partial charge on any atom is 0.407 e. The van der Waals surface area contributed by atoms with E-state index in [0.717, 1.165) is 18.5 Å². The van der Waals surface area contributed by atoms with Gasteiger partial charge in [-0.05, 0) is 70.6 Å². The molecule has 2 aromatic heterocycles. The van der Waals surface area contributed by atoms with Crippen LogP contribution in [0.15, 0.2) is 30.6 Å². The molecule has 8 nitrogen and oxygen atoms in total. The van der Waals surface area contributed by atoms with Crippen LogP contribution in [0.3, 0.4) is 0 Å². The first-order valence-corrected chi connectivity index (χ1v) is 11.2. The topological polar surface area (TPSA) is 97.3 Å². The number of aromatic nitrogens is 3. The van der Waals surface area contributed by atoms with Crippen molar-refractivity contribution in [2.45, 2.75) is 65.1 Å². The van der Waals surface area contributed by atoms with Crippen molar-refractivity contribution in [2.75, 3.05) is 6.54 Å². The summed E-state index contributed by atoms with van der Waals surface area (Å²) in [5.41, 5.74) is 1.16. The average molecular weight is 438 g/mol. The molecule has 3 fully saturated rings. The molecule has 8 heteroatoms. The Morgan fingerprint density at radius 1 is 1.19 bits per heavy atom. The van der Waals surface area contributed by atoms with E-state index in [2.05, 4.69) is 27.2 Å². The number of carbonyl (C=O) groups excluding carboxylic acids is 2. The van der Waals surface area contributed by atoms with Crippen molar-refractivity contribution in [3.05, 3.63) is 42.0 Å². The fraction of sp³-hybridized carbons (Fsp3) is 0.542. The Hall–Kier alpha value is -3.03. The molecule has 0 aromatic carbocycles. The van der Waals surface area contributed by atoms with Gasteiger partial charge in [-0.25, -0.2) is 19.7 Å². The van der Waals surface area contributed by atoms with Gasteiger partial charge in [-0.2, -0.15) is 0 Å². The van der Waals surface area contributed by atoms with Gasteiger partial charge in [-0.3, -0.25) is 4.79 Å². The van der Waals surface area contributed by atoms with Crippen molar-refractivity contribution in [1.82, 2.24) is 25.2 Å². The zero-order chi connectivity index (χ0) is 23.0. The van der Waals surface area contributed by atoms with Gasteiger partial charge in [-0.15, -0.1) is 0 Å². The summed E-state index contributed by atoms with van der Waals surface area (Å²) >= 11 is 0. The zero-order valence-electron chi connectivity index (χ0n) is 19.3. The lowest BCUT2D eigenvalue weighted by Crippen LogP contribution is -2.65. The lowest BCUT2D eigenvalue weighted by molar-refractivity contribution is -0.0546. The molecule has 2 saturated heterocycles. The van der Waals surface area contributed by atoms with Crippen molar-refractivity contribution in [2.24, 2.45) is 11.8 Å². The molecule has 4 heterocycles. The second-order valence-corrected chi connectivity index (χ2v) is 9.83. The van der Waals surface area contributed by atoms with Gasteiger partial charge in [0, 0.05) is 30.7 Å². The minimum atomic E-state index is -0.573. The Labute approximate surface area is 188 Å². The molecule has 3 aliphatic rings. The van der Waals surface area contributed by atoms with E-state index in [1.54, 1.807) is 18.5 Å². The molecule has 1 aliphatic carbocycles. The highest BCUT2D eigenvalue weighted by molar-refractivity contribution is 5.98. The maximum absolute atomic E-state index is 13.9. The number of fused-ring (bicyclic) bond motifs is 2. The Morgan fingerprint density at radius 2 is 1.88 bits per heavy atom. The van der Waals surface area contributed by atoms with Crippen molar-refractivity contribution in [3.63, 3.8) is 0 Å². The standard InChI is InChI=1S/C24H31N5O3/c1-14-7-8-18(21-25-9-6-10-26-21)20(28-14)22(30)29-17-11-16(12-17)15(2)19(29)13-27-23(31)32-24(3,4)5/h6-10,15-17,19H,11-13H2,1-5H3,(H,27,31)/t15-,16?,17?,19?/m1/s1. The normalized spacial score (nSPS) is 24.5. The SMILES string of the molecule is Cc1ccc(-c2ncccn2)c(C(=O)N2C3CC(C3)[C@@H](C)C2CNC(=O)OC(C)(C)C)n1. The number of carbonyl (C=O) groups is 2. The van der Waals surface area contributed by atoms with E-state index in [1.807, 2.05) is 44.7 Å². The van der Waals surface area contributed by atoms with E-state index in [9.17, 15) is 9.59 Å². The molecule has 170 valence electrons. The molecule has 0 spiro atoms. The number of ether oxygens (including phenoxy) is 1. The number of amides is 2. The Bertz CT molecular complexity index is 998. The first-order chi connectivity index (χ1) is 15.1. The maximum atomic E-state index is 13.9. The number of aryl methyl sites for hydroxylation is 1. The van der Waals surface area contributed by atoms with Crippen molar-refractivity contribution in [1.29, 1.82) is 0 Å². The van der Waals surface area contributed by atoms with Crippen LogP contribution in [0.2, 0.25) is 0 Å². The van der Waals surface area contributed by atoms with Gasteiger partial charge < -0.3 is 15.0 Å². The summed E-state index contributed by atoms with van der Waals surface area (Å²) in [5, 5.41) is 2.87. The lowest BCUT2D eigenvalue weighted by Gasteiger charge is -2.57. The van der Waals surface area contributed by atoms with Crippen LogP contribution in [0, 0.1) is 18.8 Å². The number of hydrogen-bond donors (Lipinski definition) is 1. The van der Waals surface area contributed by atoms with Gasteiger partial charge in [0.25, 0.3) is 5.91 Å². The summed E-state index contributed by atoms with van der Waals surface area (Å²) in [5.74, 6) is 1.17. The summed E-state index contributed by atoms with van der Waals surface area (Å²) in [6.07, 6.45) is 4.81. The molecule has 2 bridgehead atoms. The smallest absolute Gasteiger partial charge is 0.407 e. The molecule has 5 rings (SSSR count). The Kier molecular flexibility index (Phi) is 5.88. The van der Waals surface area contributed by atoms with Crippen LogP contribution in [0.25, 0.3) is 11.4 Å². The quantitative estimate of drug-likeness (QED) is 0.785. The summed E-state index contributed by atoms with van der Waals surface area (Å²) in [6.45, 7) is 9.86. The molecule has 2 aromatic rings. The van der Waals surface area contributed by atoms with Crippen molar-refractivity contribution >= 4 is 12.0 Å². The van der Waals surface area contributed by atoms with E-state index in [4.69, 9.17) is 4.74 Å². The summed E-state index contributed by atoms with van der Waals surface area (Å²) < 4.78 is 5.39. The molecule has 1 N–H and O–H groups in total. The monoisotopic (exact) mass is 437 g/mol. The number of hydrogen-bond acceptors (Lipinski definition) is 6. The average Bonchev–Trinajstić information content (AvgIpc) is 2.70. The molecule has 2 aliphatic heterocycles. The van der Waals surface area contributed by atoms with Crippen LogP contribution in [0.1, 0.15) is 56.7 Å². The van der Waals surface area contributed by atoms with E-state index in [-0.39, 0.29) is 23.9 Å². The van der Waals surface area contributed by atoms with Gasteiger partial charge in [0.15, 0.2) is 5.82 Å². The largest absolute Gasteiger partial charge is 0.444 e. The molecule has 2 amide bonds. The summed E-state index contributed by atoms with van der Waals surface area (Å²) in [4.78, 5) is 41.3. The second kappa shape index (κ2) is 8.48. The molecule has 1 saturated carbocycles.